The zero-order valence-electron chi connectivity index (χ0n) is 10.0. The third kappa shape index (κ3) is 1.98. The Bertz CT molecular complexity index is 209. The van der Waals surface area contributed by atoms with E-state index in [1.54, 1.807) is 0 Å². The van der Waals surface area contributed by atoms with E-state index in [4.69, 9.17) is 4.74 Å². The summed E-state index contributed by atoms with van der Waals surface area (Å²) < 4.78 is 6.02. The van der Waals surface area contributed by atoms with Crippen LogP contribution in [0.1, 0.15) is 47.0 Å². The van der Waals surface area contributed by atoms with Gasteiger partial charge in [-0.25, -0.2) is 0 Å². The molecule has 2 fully saturated rings. The van der Waals surface area contributed by atoms with Crippen LogP contribution in [-0.4, -0.2) is 12.7 Å². The van der Waals surface area contributed by atoms with Crippen LogP contribution in [0.3, 0.4) is 0 Å². The fourth-order valence-corrected chi connectivity index (χ4v) is 3.17. The molecule has 0 spiro atoms. The van der Waals surface area contributed by atoms with E-state index in [9.17, 15) is 0 Å². The Morgan fingerprint density at radius 1 is 1.07 bits per heavy atom. The Morgan fingerprint density at radius 3 is 2.43 bits per heavy atom. The fourth-order valence-electron chi connectivity index (χ4n) is 3.17. The molecular weight excluding hydrogens is 172 g/mol. The van der Waals surface area contributed by atoms with E-state index in [1.807, 2.05) is 0 Å². The summed E-state index contributed by atoms with van der Waals surface area (Å²) in [7, 11) is 0. The zero-order chi connectivity index (χ0) is 10.3. The predicted octanol–water partition coefficient (Wildman–Crippen LogP) is 3.48. The van der Waals surface area contributed by atoms with E-state index in [0.29, 0.717) is 11.5 Å². The van der Waals surface area contributed by atoms with Crippen molar-refractivity contribution in [1.29, 1.82) is 0 Å². The summed E-state index contributed by atoms with van der Waals surface area (Å²) in [6, 6.07) is 0. The highest BCUT2D eigenvalue weighted by atomic mass is 16.5. The van der Waals surface area contributed by atoms with Gasteiger partial charge in [0.25, 0.3) is 0 Å². The SMILES string of the molecule is CC1CC2CC(C)(C)COC2CC1C. The van der Waals surface area contributed by atoms with E-state index < -0.39 is 0 Å². The maximum Gasteiger partial charge on any atom is 0.0606 e. The van der Waals surface area contributed by atoms with Crippen molar-refractivity contribution >= 4 is 0 Å². The first-order chi connectivity index (χ1) is 6.48. The maximum atomic E-state index is 6.02. The topological polar surface area (TPSA) is 9.23 Å². The number of ether oxygens (including phenoxy) is 1. The highest BCUT2D eigenvalue weighted by Gasteiger charge is 2.40. The van der Waals surface area contributed by atoms with Gasteiger partial charge in [-0.05, 0) is 42.4 Å². The van der Waals surface area contributed by atoms with Crippen molar-refractivity contribution in [3.63, 3.8) is 0 Å². The molecule has 14 heavy (non-hydrogen) atoms. The summed E-state index contributed by atoms with van der Waals surface area (Å²) >= 11 is 0. The Hall–Kier alpha value is -0.0400. The van der Waals surface area contributed by atoms with Gasteiger partial charge in [0, 0.05) is 0 Å². The Labute approximate surface area is 88.2 Å². The molecule has 0 amide bonds. The highest BCUT2D eigenvalue weighted by Crippen LogP contribution is 2.44. The summed E-state index contributed by atoms with van der Waals surface area (Å²) in [5.41, 5.74) is 0.418. The minimum Gasteiger partial charge on any atom is -0.377 e. The molecule has 1 nitrogen and oxygen atoms in total. The second-order valence-corrected chi connectivity index (χ2v) is 6.40. The standard InChI is InChI=1S/C13H24O/c1-9-5-11-7-13(3,4)8-14-12(11)6-10(9)2/h9-12H,5-8H2,1-4H3. The molecule has 82 valence electrons. The quantitative estimate of drug-likeness (QED) is 0.576. The van der Waals surface area contributed by atoms with Crippen molar-refractivity contribution in [3.05, 3.63) is 0 Å². The molecule has 4 atom stereocenters. The molecule has 4 unspecified atom stereocenters. The van der Waals surface area contributed by atoms with Crippen LogP contribution in [0.2, 0.25) is 0 Å². The van der Waals surface area contributed by atoms with Crippen LogP contribution in [0.15, 0.2) is 0 Å². The van der Waals surface area contributed by atoms with E-state index in [-0.39, 0.29) is 0 Å². The van der Waals surface area contributed by atoms with Gasteiger partial charge in [0.15, 0.2) is 0 Å². The summed E-state index contributed by atoms with van der Waals surface area (Å²) in [4.78, 5) is 0. The van der Waals surface area contributed by atoms with Gasteiger partial charge < -0.3 is 4.74 Å². The summed E-state index contributed by atoms with van der Waals surface area (Å²) in [6.45, 7) is 10.4. The monoisotopic (exact) mass is 196 g/mol. The van der Waals surface area contributed by atoms with Gasteiger partial charge >= 0.3 is 0 Å². The molecule has 1 aliphatic carbocycles. The van der Waals surface area contributed by atoms with Gasteiger partial charge in [-0.1, -0.05) is 27.7 Å². The molecule has 1 saturated carbocycles. The average Bonchev–Trinajstić information content (AvgIpc) is 2.07. The van der Waals surface area contributed by atoms with Crippen molar-refractivity contribution in [2.45, 2.75) is 53.1 Å². The second kappa shape index (κ2) is 3.52. The van der Waals surface area contributed by atoms with E-state index >= 15 is 0 Å². The normalized spacial score (nSPS) is 47.1. The minimum absolute atomic E-state index is 0.418. The van der Waals surface area contributed by atoms with Crippen molar-refractivity contribution < 1.29 is 4.74 Å². The first-order valence-electron chi connectivity index (χ1n) is 6.09. The average molecular weight is 196 g/mol. The highest BCUT2D eigenvalue weighted by molar-refractivity contribution is 4.90. The molecule has 2 aliphatic rings. The zero-order valence-corrected chi connectivity index (χ0v) is 10.0. The smallest absolute Gasteiger partial charge is 0.0606 e. The van der Waals surface area contributed by atoms with E-state index in [2.05, 4.69) is 27.7 Å². The lowest BCUT2D eigenvalue weighted by Crippen LogP contribution is -2.44. The molecule has 0 bridgehead atoms. The van der Waals surface area contributed by atoms with Crippen molar-refractivity contribution in [1.82, 2.24) is 0 Å². The first-order valence-corrected chi connectivity index (χ1v) is 6.09. The van der Waals surface area contributed by atoms with Gasteiger partial charge in [0.1, 0.15) is 0 Å². The molecule has 1 heterocycles. The molecule has 0 aromatic heterocycles. The van der Waals surface area contributed by atoms with Gasteiger partial charge in [-0.3, -0.25) is 0 Å². The molecule has 0 aromatic rings. The molecule has 1 heteroatoms. The van der Waals surface area contributed by atoms with Crippen LogP contribution >= 0.6 is 0 Å². The Balaban J connectivity index is 2.02. The van der Waals surface area contributed by atoms with Crippen molar-refractivity contribution in [2.24, 2.45) is 23.2 Å². The Kier molecular flexibility index (Phi) is 2.63. The van der Waals surface area contributed by atoms with Gasteiger partial charge in [-0.15, -0.1) is 0 Å². The van der Waals surface area contributed by atoms with Crippen molar-refractivity contribution in [2.75, 3.05) is 6.61 Å². The first kappa shape index (κ1) is 10.5. The van der Waals surface area contributed by atoms with Crippen LogP contribution in [-0.2, 0) is 4.74 Å². The summed E-state index contributed by atoms with van der Waals surface area (Å²) in [6.07, 6.45) is 4.63. The number of hydrogen-bond donors (Lipinski definition) is 0. The van der Waals surface area contributed by atoms with E-state index in [0.717, 1.165) is 24.4 Å². The number of rotatable bonds is 0. The molecule has 1 aliphatic heterocycles. The Morgan fingerprint density at radius 2 is 1.71 bits per heavy atom. The second-order valence-electron chi connectivity index (χ2n) is 6.40. The van der Waals surface area contributed by atoms with E-state index in [1.165, 1.54) is 19.3 Å². The van der Waals surface area contributed by atoms with Crippen LogP contribution in [0, 0.1) is 23.2 Å². The molecular formula is C13H24O. The van der Waals surface area contributed by atoms with Crippen LogP contribution < -0.4 is 0 Å². The number of hydrogen-bond acceptors (Lipinski definition) is 1. The molecule has 2 rings (SSSR count). The lowest BCUT2D eigenvalue weighted by molar-refractivity contribution is -0.119. The van der Waals surface area contributed by atoms with Gasteiger partial charge in [-0.2, -0.15) is 0 Å². The van der Waals surface area contributed by atoms with Crippen molar-refractivity contribution in [3.8, 4) is 0 Å². The summed E-state index contributed by atoms with van der Waals surface area (Å²) in [5.74, 6) is 2.59. The molecule has 0 aromatic carbocycles. The minimum atomic E-state index is 0.418. The third-order valence-corrected chi connectivity index (χ3v) is 4.28. The lowest BCUT2D eigenvalue weighted by atomic mass is 9.67. The molecule has 0 radical (unpaired) electrons. The molecule has 0 N–H and O–H groups in total. The van der Waals surface area contributed by atoms with Crippen LogP contribution in [0.5, 0.6) is 0 Å². The summed E-state index contributed by atoms with van der Waals surface area (Å²) in [5, 5.41) is 0. The van der Waals surface area contributed by atoms with Gasteiger partial charge in [0.05, 0.1) is 12.7 Å². The largest absolute Gasteiger partial charge is 0.377 e. The lowest BCUT2D eigenvalue weighted by Gasteiger charge is -2.46. The van der Waals surface area contributed by atoms with Crippen LogP contribution in [0.4, 0.5) is 0 Å². The molecule has 1 saturated heterocycles. The number of fused-ring (bicyclic) bond motifs is 1. The third-order valence-electron chi connectivity index (χ3n) is 4.28. The predicted molar refractivity (Wildman–Crippen MR) is 59.2 cm³/mol. The maximum absolute atomic E-state index is 6.02. The fraction of sp³-hybridized carbons (Fsp3) is 1.00. The van der Waals surface area contributed by atoms with Crippen LogP contribution in [0.25, 0.3) is 0 Å². The van der Waals surface area contributed by atoms with Gasteiger partial charge in [0.2, 0.25) is 0 Å².